The van der Waals surface area contributed by atoms with Gasteiger partial charge in [0.05, 0.1) is 4.34 Å². The maximum Gasteiger partial charge on any atom is 0.123 e. The molecule has 84 valence electrons. The highest BCUT2D eigenvalue weighted by Crippen LogP contribution is 2.26. The van der Waals surface area contributed by atoms with Crippen LogP contribution in [0.15, 0.2) is 34.8 Å². The fourth-order valence-electron chi connectivity index (χ4n) is 1.35. The molecule has 0 bridgehead atoms. The molecule has 0 atom stereocenters. The smallest absolute Gasteiger partial charge is 0.123 e. The van der Waals surface area contributed by atoms with E-state index >= 15 is 0 Å². The number of benzene rings is 1. The van der Waals surface area contributed by atoms with Gasteiger partial charge in [0.2, 0.25) is 0 Å². The number of halogens is 2. The predicted molar refractivity (Wildman–Crippen MR) is 72.5 cm³/mol. The van der Waals surface area contributed by atoms with E-state index in [1.807, 2.05) is 37.3 Å². The molecule has 0 aliphatic heterocycles. The maximum atomic E-state index is 5.85. The molecule has 16 heavy (non-hydrogen) atoms. The monoisotopic (exact) mass is 316 g/mol. The molecule has 1 heterocycles. The van der Waals surface area contributed by atoms with Crippen LogP contribution in [0.2, 0.25) is 4.34 Å². The Kier molecular flexibility index (Phi) is 3.90. The Balaban J connectivity index is 2.04. The molecule has 0 fully saturated rings. The maximum absolute atomic E-state index is 5.85. The van der Waals surface area contributed by atoms with Crippen LogP contribution in [0.3, 0.4) is 0 Å². The normalized spacial score (nSPS) is 10.4. The van der Waals surface area contributed by atoms with Gasteiger partial charge in [-0.3, -0.25) is 0 Å². The minimum Gasteiger partial charge on any atom is -0.488 e. The van der Waals surface area contributed by atoms with E-state index in [-0.39, 0.29) is 0 Å². The van der Waals surface area contributed by atoms with Crippen molar-refractivity contribution >= 4 is 38.9 Å². The minimum atomic E-state index is 0.569. The zero-order chi connectivity index (χ0) is 11.5. The molecule has 0 unspecified atom stereocenters. The summed E-state index contributed by atoms with van der Waals surface area (Å²) in [5, 5.41) is 0. The Bertz CT molecular complexity index is 496. The molecule has 0 radical (unpaired) electrons. The van der Waals surface area contributed by atoms with Crippen LogP contribution in [0.1, 0.15) is 10.4 Å². The van der Waals surface area contributed by atoms with Crippen molar-refractivity contribution in [1.82, 2.24) is 0 Å². The second kappa shape index (κ2) is 5.21. The van der Waals surface area contributed by atoms with Gasteiger partial charge in [-0.05, 0) is 42.8 Å². The lowest BCUT2D eigenvalue weighted by molar-refractivity contribution is 0.307. The Hall–Kier alpha value is -0.510. The molecule has 2 aromatic rings. The number of ether oxygens (including phenoxy) is 1. The molecule has 1 aromatic carbocycles. The third kappa shape index (κ3) is 3.00. The van der Waals surface area contributed by atoms with Crippen LogP contribution in [-0.4, -0.2) is 0 Å². The lowest BCUT2D eigenvalue weighted by Gasteiger charge is -2.07. The summed E-state index contributed by atoms with van der Waals surface area (Å²) in [5.41, 5.74) is 1.12. The van der Waals surface area contributed by atoms with Gasteiger partial charge in [-0.25, -0.2) is 0 Å². The molecule has 4 heteroatoms. The van der Waals surface area contributed by atoms with E-state index in [4.69, 9.17) is 16.3 Å². The van der Waals surface area contributed by atoms with E-state index in [9.17, 15) is 0 Å². The van der Waals surface area contributed by atoms with Crippen molar-refractivity contribution in [3.05, 3.63) is 49.6 Å². The summed E-state index contributed by atoms with van der Waals surface area (Å²) in [6.07, 6.45) is 0. The Morgan fingerprint density at radius 3 is 2.75 bits per heavy atom. The van der Waals surface area contributed by atoms with Crippen LogP contribution in [0.4, 0.5) is 0 Å². The summed E-state index contributed by atoms with van der Waals surface area (Å²) >= 11 is 10.8. The number of thiophene rings is 1. The zero-order valence-electron chi connectivity index (χ0n) is 8.67. The summed E-state index contributed by atoms with van der Waals surface area (Å²) in [5.74, 6) is 0.910. The third-order valence-corrected chi connectivity index (χ3v) is 3.83. The molecule has 0 aliphatic carbocycles. The van der Waals surface area contributed by atoms with Crippen LogP contribution in [0, 0.1) is 6.92 Å². The van der Waals surface area contributed by atoms with Crippen molar-refractivity contribution in [2.75, 3.05) is 0 Å². The topological polar surface area (TPSA) is 9.23 Å². The quantitative estimate of drug-likeness (QED) is 0.769. The first kappa shape index (κ1) is 12.0. The second-order valence-corrected chi connectivity index (χ2v) is 6.12. The average molecular weight is 318 g/mol. The van der Waals surface area contributed by atoms with Gasteiger partial charge in [-0.2, -0.15) is 0 Å². The summed E-state index contributed by atoms with van der Waals surface area (Å²) in [6.45, 7) is 2.60. The Morgan fingerprint density at radius 2 is 2.12 bits per heavy atom. The molecule has 0 amide bonds. The first-order valence-electron chi connectivity index (χ1n) is 4.78. The molecular formula is C12H10BrClOS. The van der Waals surface area contributed by atoms with Crippen molar-refractivity contribution in [3.8, 4) is 5.75 Å². The van der Waals surface area contributed by atoms with Crippen LogP contribution in [-0.2, 0) is 6.61 Å². The molecule has 2 rings (SSSR count). The molecule has 0 aliphatic rings. The van der Waals surface area contributed by atoms with Gasteiger partial charge in [-0.15, -0.1) is 11.3 Å². The van der Waals surface area contributed by atoms with Gasteiger partial charge in [0.1, 0.15) is 12.4 Å². The average Bonchev–Trinajstić information content (AvgIpc) is 2.63. The summed E-state index contributed by atoms with van der Waals surface area (Å²) in [4.78, 5) is 1.13. The van der Waals surface area contributed by atoms with Crippen LogP contribution < -0.4 is 4.74 Å². The van der Waals surface area contributed by atoms with E-state index in [1.165, 1.54) is 0 Å². The van der Waals surface area contributed by atoms with Crippen molar-refractivity contribution in [3.63, 3.8) is 0 Å². The third-order valence-electron chi connectivity index (χ3n) is 2.14. The number of rotatable bonds is 3. The number of hydrogen-bond donors (Lipinski definition) is 0. The van der Waals surface area contributed by atoms with Gasteiger partial charge in [0.15, 0.2) is 0 Å². The van der Waals surface area contributed by atoms with Crippen molar-refractivity contribution in [2.24, 2.45) is 0 Å². The van der Waals surface area contributed by atoms with Gasteiger partial charge in [0, 0.05) is 9.35 Å². The highest BCUT2D eigenvalue weighted by molar-refractivity contribution is 9.10. The first-order valence-corrected chi connectivity index (χ1v) is 6.77. The molecule has 1 aromatic heterocycles. The van der Waals surface area contributed by atoms with E-state index in [0.29, 0.717) is 6.61 Å². The van der Waals surface area contributed by atoms with E-state index in [1.54, 1.807) is 11.3 Å². The van der Waals surface area contributed by atoms with Crippen molar-refractivity contribution in [1.29, 1.82) is 0 Å². The Morgan fingerprint density at radius 1 is 1.31 bits per heavy atom. The number of aryl methyl sites for hydroxylation is 1. The summed E-state index contributed by atoms with van der Waals surface area (Å²) < 4.78 is 7.59. The first-order chi connectivity index (χ1) is 7.65. The fourth-order valence-corrected chi connectivity index (χ4v) is 2.83. The van der Waals surface area contributed by atoms with E-state index in [0.717, 1.165) is 25.0 Å². The number of hydrogen-bond acceptors (Lipinski definition) is 2. The zero-order valence-corrected chi connectivity index (χ0v) is 11.8. The van der Waals surface area contributed by atoms with Gasteiger partial charge >= 0.3 is 0 Å². The predicted octanol–water partition coefficient (Wildman–Crippen LogP) is 5.05. The molecular weight excluding hydrogens is 308 g/mol. The highest BCUT2D eigenvalue weighted by Gasteiger charge is 2.02. The molecule has 0 saturated carbocycles. The van der Waals surface area contributed by atoms with Crippen molar-refractivity contribution < 1.29 is 4.74 Å². The lowest BCUT2D eigenvalue weighted by atomic mass is 10.2. The summed E-state index contributed by atoms with van der Waals surface area (Å²) in [7, 11) is 0. The molecule has 1 nitrogen and oxygen atoms in total. The summed E-state index contributed by atoms with van der Waals surface area (Å²) in [6, 6.07) is 9.86. The van der Waals surface area contributed by atoms with Crippen molar-refractivity contribution in [2.45, 2.75) is 13.5 Å². The SMILES string of the molecule is Cc1cc(Br)ccc1OCc1ccc(Cl)s1. The standard InChI is InChI=1S/C12H10BrClOS/c1-8-6-9(13)2-4-11(8)15-7-10-3-5-12(14)16-10/h2-6H,7H2,1H3. The van der Waals surface area contributed by atoms with E-state index in [2.05, 4.69) is 15.9 Å². The largest absolute Gasteiger partial charge is 0.488 e. The van der Waals surface area contributed by atoms with Crippen LogP contribution in [0.25, 0.3) is 0 Å². The molecule has 0 saturated heterocycles. The van der Waals surface area contributed by atoms with Crippen LogP contribution in [0.5, 0.6) is 5.75 Å². The lowest BCUT2D eigenvalue weighted by Crippen LogP contribution is -1.94. The van der Waals surface area contributed by atoms with Gasteiger partial charge in [-0.1, -0.05) is 27.5 Å². The second-order valence-electron chi connectivity index (χ2n) is 3.40. The van der Waals surface area contributed by atoms with Crippen LogP contribution >= 0.6 is 38.9 Å². The highest BCUT2D eigenvalue weighted by atomic mass is 79.9. The van der Waals surface area contributed by atoms with Gasteiger partial charge < -0.3 is 4.74 Å². The van der Waals surface area contributed by atoms with E-state index < -0.39 is 0 Å². The molecule has 0 spiro atoms. The fraction of sp³-hybridized carbons (Fsp3) is 0.167. The Labute approximate surface area is 112 Å². The molecule has 0 N–H and O–H groups in total. The minimum absolute atomic E-state index is 0.569. The van der Waals surface area contributed by atoms with Gasteiger partial charge in [0.25, 0.3) is 0 Å².